The van der Waals surface area contributed by atoms with Crippen LogP contribution in [-0.2, 0) is 22.7 Å². The quantitative estimate of drug-likeness (QED) is 0.259. The Morgan fingerprint density at radius 1 is 0.806 bits per heavy atom. The van der Waals surface area contributed by atoms with Crippen LogP contribution in [0.15, 0.2) is 78.9 Å². The molecule has 0 fully saturated rings. The van der Waals surface area contributed by atoms with E-state index in [2.05, 4.69) is 12.2 Å². The first-order chi connectivity index (χ1) is 17.5. The summed E-state index contributed by atoms with van der Waals surface area (Å²) in [4.78, 5) is 37.4. The van der Waals surface area contributed by atoms with Crippen molar-refractivity contribution in [1.82, 2.24) is 4.90 Å². The molecule has 7 heteroatoms. The van der Waals surface area contributed by atoms with Crippen LogP contribution in [0.2, 0.25) is 0 Å². The Kier molecular flexibility index (Phi) is 10.1. The summed E-state index contributed by atoms with van der Waals surface area (Å²) in [6.45, 7) is 3.15. The average Bonchev–Trinajstić information content (AvgIpc) is 2.89. The molecule has 3 aromatic rings. The number of anilines is 1. The number of carboxylic acids is 1. The first-order valence-corrected chi connectivity index (χ1v) is 12.2. The second-order valence-corrected chi connectivity index (χ2v) is 8.54. The Balaban J connectivity index is 1.56. The smallest absolute Gasteiger partial charge is 0.394 e. The number of ether oxygens (including phenoxy) is 1. The van der Waals surface area contributed by atoms with E-state index in [1.807, 2.05) is 30.3 Å². The normalized spacial score (nSPS) is 10.5. The first kappa shape index (κ1) is 26.5. The van der Waals surface area contributed by atoms with Gasteiger partial charge in [-0.05, 0) is 53.9 Å². The third-order valence-corrected chi connectivity index (χ3v) is 5.65. The summed E-state index contributed by atoms with van der Waals surface area (Å²) >= 11 is 0. The fourth-order valence-corrected chi connectivity index (χ4v) is 3.68. The summed E-state index contributed by atoms with van der Waals surface area (Å²) in [7, 11) is 0. The first-order valence-electron chi connectivity index (χ1n) is 12.2. The number of rotatable bonds is 12. The highest BCUT2D eigenvalue weighted by atomic mass is 16.5. The van der Waals surface area contributed by atoms with Crippen molar-refractivity contribution in [3.63, 3.8) is 0 Å². The van der Waals surface area contributed by atoms with Gasteiger partial charge >= 0.3 is 11.9 Å². The van der Waals surface area contributed by atoms with Gasteiger partial charge in [0.1, 0.15) is 5.75 Å². The lowest BCUT2D eigenvalue weighted by Gasteiger charge is -2.21. The second-order valence-electron chi connectivity index (χ2n) is 8.54. The molecule has 188 valence electrons. The van der Waals surface area contributed by atoms with Gasteiger partial charge in [0.2, 0.25) is 0 Å². The lowest BCUT2D eigenvalue weighted by molar-refractivity contribution is -0.156. The Morgan fingerprint density at radius 2 is 1.44 bits per heavy atom. The summed E-state index contributed by atoms with van der Waals surface area (Å²) < 4.78 is 5.72. The molecule has 0 unspecified atom stereocenters. The number of aliphatic carboxylic acids is 1. The van der Waals surface area contributed by atoms with Crippen molar-refractivity contribution in [2.45, 2.75) is 45.7 Å². The average molecular weight is 489 g/mol. The fraction of sp³-hybridized carbons (Fsp3) is 0.276. The van der Waals surface area contributed by atoms with E-state index in [9.17, 15) is 19.5 Å². The summed E-state index contributed by atoms with van der Waals surface area (Å²) in [6, 6.07) is 23.2. The third-order valence-electron chi connectivity index (χ3n) is 5.65. The van der Waals surface area contributed by atoms with E-state index in [0.29, 0.717) is 17.9 Å². The molecule has 0 radical (unpaired) electrons. The zero-order valence-electron chi connectivity index (χ0n) is 20.5. The van der Waals surface area contributed by atoms with Crippen molar-refractivity contribution in [3.8, 4) is 5.75 Å². The van der Waals surface area contributed by atoms with E-state index in [4.69, 9.17) is 4.74 Å². The molecule has 36 heavy (non-hydrogen) atoms. The second kappa shape index (κ2) is 13.7. The number of carbonyl (C=O) groups excluding carboxylic acids is 2. The number of nitrogens with one attached hydrogen (secondary N) is 1. The lowest BCUT2D eigenvalue weighted by atomic mass is 10.1. The molecule has 7 nitrogen and oxygen atoms in total. The highest BCUT2D eigenvalue weighted by Crippen LogP contribution is 2.17. The number of nitrogens with zero attached hydrogens (tertiary/aromatic N) is 1. The highest BCUT2D eigenvalue weighted by Gasteiger charge is 2.21. The molecule has 0 aliphatic heterocycles. The minimum absolute atomic E-state index is 0.133. The van der Waals surface area contributed by atoms with E-state index < -0.39 is 11.9 Å². The topological polar surface area (TPSA) is 95.9 Å². The van der Waals surface area contributed by atoms with Crippen LogP contribution < -0.4 is 10.1 Å². The number of carbonyl (C=O) groups is 3. The van der Waals surface area contributed by atoms with Crippen LogP contribution in [0.4, 0.5) is 5.69 Å². The molecular weight excluding hydrogens is 456 g/mol. The van der Waals surface area contributed by atoms with Gasteiger partial charge in [-0.3, -0.25) is 9.59 Å². The van der Waals surface area contributed by atoms with Crippen LogP contribution in [0.5, 0.6) is 5.75 Å². The SMILES string of the molecule is CCCCCCOc1ccc(C(=O)Nc2ccc(CN(Cc3ccccc3)C(=O)C(=O)O)cc2)cc1. The molecule has 2 N–H and O–H groups in total. The maximum atomic E-state index is 12.6. The zero-order chi connectivity index (χ0) is 25.8. The molecule has 0 saturated carbocycles. The van der Waals surface area contributed by atoms with Crippen LogP contribution in [0.3, 0.4) is 0 Å². The van der Waals surface area contributed by atoms with E-state index in [0.717, 1.165) is 29.7 Å². The molecule has 0 saturated heterocycles. The Morgan fingerprint density at radius 3 is 2.06 bits per heavy atom. The van der Waals surface area contributed by atoms with Crippen molar-refractivity contribution in [3.05, 3.63) is 95.6 Å². The number of hydrogen-bond donors (Lipinski definition) is 2. The predicted octanol–water partition coefficient (Wildman–Crippen LogP) is 5.51. The van der Waals surface area contributed by atoms with Gasteiger partial charge in [-0.15, -0.1) is 0 Å². The molecule has 0 aliphatic rings. The van der Waals surface area contributed by atoms with Crippen molar-refractivity contribution >= 4 is 23.5 Å². The highest BCUT2D eigenvalue weighted by molar-refractivity contribution is 6.31. The van der Waals surface area contributed by atoms with Crippen molar-refractivity contribution in [1.29, 1.82) is 0 Å². The van der Waals surface area contributed by atoms with Gasteiger partial charge in [0.15, 0.2) is 0 Å². The number of carboxylic acid groups (broad SMARTS) is 1. The molecule has 0 atom stereocenters. The molecule has 2 amide bonds. The third kappa shape index (κ3) is 8.27. The summed E-state index contributed by atoms with van der Waals surface area (Å²) in [6.07, 6.45) is 4.55. The van der Waals surface area contributed by atoms with Crippen molar-refractivity contribution in [2.75, 3.05) is 11.9 Å². The standard InChI is InChI=1S/C29H32N2O5/c1-2-3-4-8-19-36-26-17-13-24(14-18-26)27(32)30-25-15-11-23(12-16-25)21-31(28(33)29(34)35)20-22-9-6-5-7-10-22/h5-7,9-18H,2-4,8,19-21H2,1H3,(H,30,32)(H,34,35). The summed E-state index contributed by atoms with van der Waals surface area (Å²) in [5.41, 5.74) is 2.69. The van der Waals surface area contributed by atoms with Crippen molar-refractivity contribution in [2.24, 2.45) is 0 Å². The minimum Gasteiger partial charge on any atom is -0.494 e. The van der Waals surface area contributed by atoms with Gasteiger partial charge in [0, 0.05) is 24.3 Å². The van der Waals surface area contributed by atoms with Gasteiger partial charge in [0.05, 0.1) is 6.61 Å². The Bertz CT molecular complexity index is 1130. The largest absolute Gasteiger partial charge is 0.494 e. The zero-order valence-corrected chi connectivity index (χ0v) is 20.5. The minimum atomic E-state index is -1.50. The summed E-state index contributed by atoms with van der Waals surface area (Å²) in [5.74, 6) is -1.97. The monoisotopic (exact) mass is 488 g/mol. The van der Waals surface area contributed by atoms with E-state index >= 15 is 0 Å². The molecule has 0 aromatic heterocycles. The number of amides is 2. The van der Waals surface area contributed by atoms with E-state index in [-0.39, 0.29) is 19.0 Å². The van der Waals surface area contributed by atoms with E-state index in [1.165, 1.54) is 17.7 Å². The van der Waals surface area contributed by atoms with Crippen LogP contribution in [0, 0.1) is 0 Å². The number of unbranched alkanes of at least 4 members (excludes halogenated alkanes) is 3. The van der Waals surface area contributed by atoms with Gasteiger partial charge in [-0.25, -0.2) is 4.79 Å². The predicted molar refractivity (Wildman–Crippen MR) is 139 cm³/mol. The maximum Gasteiger partial charge on any atom is 0.394 e. The molecule has 3 rings (SSSR count). The number of benzene rings is 3. The Labute approximate surface area is 211 Å². The lowest BCUT2D eigenvalue weighted by Crippen LogP contribution is -2.35. The van der Waals surface area contributed by atoms with Crippen LogP contribution in [0.25, 0.3) is 0 Å². The Hall–Kier alpha value is -4.13. The van der Waals surface area contributed by atoms with Gasteiger partial charge in [-0.1, -0.05) is 68.7 Å². The van der Waals surface area contributed by atoms with Crippen molar-refractivity contribution < 1.29 is 24.2 Å². The van der Waals surface area contributed by atoms with Gasteiger partial charge in [0.25, 0.3) is 5.91 Å². The molecule has 3 aromatic carbocycles. The molecule has 0 heterocycles. The molecule has 0 spiro atoms. The van der Waals surface area contributed by atoms with Crippen LogP contribution >= 0.6 is 0 Å². The fourth-order valence-electron chi connectivity index (χ4n) is 3.68. The van der Waals surface area contributed by atoms with Gasteiger partial charge in [-0.2, -0.15) is 0 Å². The van der Waals surface area contributed by atoms with Crippen LogP contribution in [0.1, 0.15) is 54.1 Å². The molecule has 0 bridgehead atoms. The van der Waals surface area contributed by atoms with E-state index in [1.54, 1.807) is 48.5 Å². The molecule has 0 aliphatic carbocycles. The van der Waals surface area contributed by atoms with Gasteiger partial charge < -0.3 is 20.1 Å². The number of hydrogen-bond acceptors (Lipinski definition) is 4. The summed E-state index contributed by atoms with van der Waals surface area (Å²) in [5, 5.41) is 12.1. The molecular formula is C29H32N2O5. The van der Waals surface area contributed by atoms with Crippen LogP contribution in [-0.4, -0.2) is 34.4 Å². The maximum absolute atomic E-state index is 12.6.